The molecule has 1 atom stereocenters. The molecule has 0 fully saturated rings. The SMILES string of the molecule is CCCC(C)(O)CNC(=O)c1cccnc1SC. The van der Waals surface area contributed by atoms with Crippen molar-refractivity contribution in [2.24, 2.45) is 0 Å². The standard InChI is InChI=1S/C13H20N2O2S/c1-4-7-13(2,17)9-15-11(16)10-6-5-8-14-12(10)18-3/h5-6,8,17H,4,7,9H2,1-3H3,(H,15,16). The highest BCUT2D eigenvalue weighted by Crippen LogP contribution is 2.17. The molecule has 1 aromatic heterocycles. The van der Waals surface area contributed by atoms with Gasteiger partial charge in [0.15, 0.2) is 0 Å². The summed E-state index contributed by atoms with van der Waals surface area (Å²) in [5, 5.41) is 13.5. The highest BCUT2D eigenvalue weighted by molar-refractivity contribution is 7.98. The Hall–Kier alpha value is -1.07. The quantitative estimate of drug-likeness (QED) is 0.775. The van der Waals surface area contributed by atoms with Crippen molar-refractivity contribution in [3.05, 3.63) is 23.9 Å². The maximum absolute atomic E-state index is 12.0. The molecule has 0 saturated heterocycles. The second kappa shape index (κ2) is 6.75. The van der Waals surface area contributed by atoms with Crippen LogP contribution in [0.3, 0.4) is 0 Å². The summed E-state index contributed by atoms with van der Waals surface area (Å²) >= 11 is 1.43. The first-order valence-corrected chi connectivity index (χ1v) is 7.22. The molecule has 1 rings (SSSR count). The van der Waals surface area contributed by atoms with E-state index in [1.807, 2.05) is 13.2 Å². The van der Waals surface area contributed by atoms with Crippen molar-refractivity contribution in [2.75, 3.05) is 12.8 Å². The van der Waals surface area contributed by atoms with E-state index < -0.39 is 5.60 Å². The molecule has 0 saturated carbocycles. The number of aliphatic hydroxyl groups is 1. The van der Waals surface area contributed by atoms with Gasteiger partial charge in [-0.15, -0.1) is 11.8 Å². The largest absolute Gasteiger partial charge is 0.388 e. The number of nitrogens with zero attached hydrogens (tertiary/aromatic N) is 1. The van der Waals surface area contributed by atoms with Crippen LogP contribution in [0, 0.1) is 0 Å². The third-order valence-electron chi connectivity index (χ3n) is 2.63. The molecule has 4 nitrogen and oxygen atoms in total. The van der Waals surface area contributed by atoms with Crippen LogP contribution >= 0.6 is 11.8 Å². The molecule has 0 radical (unpaired) electrons. The van der Waals surface area contributed by atoms with Crippen molar-refractivity contribution < 1.29 is 9.90 Å². The number of nitrogens with one attached hydrogen (secondary N) is 1. The predicted octanol–water partition coefficient (Wildman–Crippen LogP) is 2.08. The Labute approximate surface area is 112 Å². The predicted molar refractivity (Wildman–Crippen MR) is 73.9 cm³/mol. The van der Waals surface area contributed by atoms with Crippen molar-refractivity contribution in [2.45, 2.75) is 37.3 Å². The third kappa shape index (κ3) is 4.31. The maximum atomic E-state index is 12.0. The molecule has 2 N–H and O–H groups in total. The van der Waals surface area contributed by atoms with E-state index in [1.54, 1.807) is 25.3 Å². The van der Waals surface area contributed by atoms with Gasteiger partial charge in [0, 0.05) is 12.7 Å². The minimum absolute atomic E-state index is 0.191. The summed E-state index contributed by atoms with van der Waals surface area (Å²) in [7, 11) is 0. The number of hydrogen-bond acceptors (Lipinski definition) is 4. The number of thioether (sulfide) groups is 1. The normalized spacial score (nSPS) is 14.0. The van der Waals surface area contributed by atoms with Crippen LogP contribution in [0.2, 0.25) is 0 Å². The minimum atomic E-state index is -0.855. The third-order valence-corrected chi connectivity index (χ3v) is 3.34. The van der Waals surface area contributed by atoms with Gasteiger partial charge in [0.25, 0.3) is 5.91 Å². The molecular weight excluding hydrogens is 248 g/mol. The maximum Gasteiger partial charge on any atom is 0.254 e. The molecular formula is C13H20N2O2S. The lowest BCUT2D eigenvalue weighted by Crippen LogP contribution is -2.40. The number of carbonyl (C=O) groups excluding carboxylic acids is 1. The fourth-order valence-electron chi connectivity index (χ4n) is 1.72. The van der Waals surface area contributed by atoms with Crippen LogP contribution in [0.15, 0.2) is 23.4 Å². The van der Waals surface area contributed by atoms with E-state index in [0.717, 1.165) is 6.42 Å². The molecule has 1 unspecified atom stereocenters. The van der Waals surface area contributed by atoms with Crippen LogP contribution in [0.1, 0.15) is 37.0 Å². The topological polar surface area (TPSA) is 62.2 Å². The Morgan fingerprint density at radius 1 is 1.61 bits per heavy atom. The zero-order chi connectivity index (χ0) is 13.6. The van der Waals surface area contributed by atoms with Gasteiger partial charge in [0.1, 0.15) is 5.03 Å². The van der Waals surface area contributed by atoms with Crippen LogP contribution in [-0.4, -0.2) is 34.4 Å². The molecule has 1 heterocycles. The molecule has 0 aromatic carbocycles. The van der Waals surface area contributed by atoms with Crippen molar-refractivity contribution in [1.29, 1.82) is 0 Å². The molecule has 5 heteroatoms. The Morgan fingerprint density at radius 3 is 2.94 bits per heavy atom. The Bertz CT molecular complexity index is 408. The number of hydrogen-bond donors (Lipinski definition) is 2. The van der Waals surface area contributed by atoms with Crippen LogP contribution in [-0.2, 0) is 0 Å². The molecule has 0 bridgehead atoms. The fraction of sp³-hybridized carbons (Fsp3) is 0.538. The first-order valence-electron chi connectivity index (χ1n) is 6.00. The molecule has 18 heavy (non-hydrogen) atoms. The van der Waals surface area contributed by atoms with Gasteiger partial charge in [-0.1, -0.05) is 13.3 Å². The average Bonchev–Trinajstić information content (AvgIpc) is 2.36. The second-order valence-electron chi connectivity index (χ2n) is 4.49. The number of amides is 1. The van der Waals surface area contributed by atoms with Gasteiger partial charge in [0.05, 0.1) is 11.2 Å². The van der Waals surface area contributed by atoms with Crippen LogP contribution < -0.4 is 5.32 Å². The molecule has 0 aliphatic heterocycles. The van der Waals surface area contributed by atoms with E-state index >= 15 is 0 Å². The summed E-state index contributed by atoms with van der Waals surface area (Å²) in [5.74, 6) is -0.191. The zero-order valence-electron chi connectivity index (χ0n) is 11.1. The van der Waals surface area contributed by atoms with E-state index in [-0.39, 0.29) is 12.5 Å². The second-order valence-corrected chi connectivity index (χ2v) is 5.28. The smallest absolute Gasteiger partial charge is 0.254 e. The number of rotatable bonds is 6. The Morgan fingerprint density at radius 2 is 2.33 bits per heavy atom. The summed E-state index contributed by atoms with van der Waals surface area (Å²) in [5.41, 5.74) is -0.302. The molecule has 100 valence electrons. The van der Waals surface area contributed by atoms with E-state index in [9.17, 15) is 9.90 Å². The first-order chi connectivity index (χ1) is 8.50. The van der Waals surface area contributed by atoms with Crippen LogP contribution in [0.5, 0.6) is 0 Å². The van der Waals surface area contributed by atoms with Crippen molar-refractivity contribution >= 4 is 17.7 Å². The first kappa shape index (κ1) is 15.0. The summed E-state index contributed by atoms with van der Waals surface area (Å²) in [6.07, 6.45) is 5.09. The van der Waals surface area contributed by atoms with Crippen LogP contribution in [0.4, 0.5) is 0 Å². The van der Waals surface area contributed by atoms with Crippen molar-refractivity contribution in [3.63, 3.8) is 0 Å². The summed E-state index contributed by atoms with van der Waals surface area (Å²) in [6, 6.07) is 3.47. The lowest BCUT2D eigenvalue weighted by molar-refractivity contribution is 0.0469. The minimum Gasteiger partial charge on any atom is -0.388 e. The lowest BCUT2D eigenvalue weighted by Gasteiger charge is -2.23. The number of pyridine rings is 1. The van der Waals surface area contributed by atoms with Gasteiger partial charge >= 0.3 is 0 Å². The zero-order valence-corrected chi connectivity index (χ0v) is 11.9. The Balaban J connectivity index is 2.66. The molecule has 0 aliphatic rings. The highest BCUT2D eigenvalue weighted by atomic mass is 32.2. The molecule has 0 aliphatic carbocycles. The van der Waals surface area contributed by atoms with Crippen LogP contribution in [0.25, 0.3) is 0 Å². The van der Waals surface area contributed by atoms with E-state index in [4.69, 9.17) is 0 Å². The molecule has 1 amide bonds. The summed E-state index contributed by atoms with van der Waals surface area (Å²) < 4.78 is 0. The summed E-state index contributed by atoms with van der Waals surface area (Å²) in [6.45, 7) is 3.99. The molecule has 0 spiro atoms. The van der Waals surface area contributed by atoms with Crippen molar-refractivity contribution in [1.82, 2.24) is 10.3 Å². The summed E-state index contributed by atoms with van der Waals surface area (Å²) in [4.78, 5) is 16.1. The van der Waals surface area contributed by atoms with Gasteiger partial charge in [-0.2, -0.15) is 0 Å². The molecule has 1 aromatic rings. The van der Waals surface area contributed by atoms with Gasteiger partial charge < -0.3 is 10.4 Å². The monoisotopic (exact) mass is 268 g/mol. The number of aromatic nitrogens is 1. The van der Waals surface area contributed by atoms with E-state index in [1.165, 1.54) is 11.8 Å². The van der Waals surface area contributed by atoms with Gasteiger partial charge in [-0.25, -0.2) is 4.98 Å². The van der Waals surface area contributed by atoms with E-state index in [0.29, 0.717) is 17.0 Å². The Kier molecular flexibility index (Phi) is 5.62. The van der Waals surface area contributed by atoms with Gasteiger partial charge in [-0.05, 0) is 31.7 Å². The van der Waals surface area contributed by atoms with E-state index in [2.05, 4.69) is 10.3 Å². The van der Waals surface area contributed by atoms with Gasteiger partial charge in [-0.3, -0.25) is 4.79 Å². The number of carbonyl (C=O) groups is 1. The lowest BCUT2D eigenvalue weighted by atomic mass is 10.0. The fourth-order valence-corrected chi connectivity index (χ4v) is 2.27. The van der Waals surface area contributed by atoms with Crippen molar-refractivity contribution in [3.8, 4) is 0 Å². The highest BCUT2D eigenvalue weighted by Gasteiger charge is 2.21. The van der Waals surface area contributed by atoms with Gasteiger partial charge in [0.2, 0.25) is 0 Å². The average molecular weight is 268 g/mol.